The van der Waals surface area contributed by atoms with E-state index in [4.69, 9.17) is 9.47 Å². The average Bonchev–Trinajstić information content (AvgIpc) is 3.51. The largest absolute Gasteiger partial charge is 0.486 e. The van der Waals surface area contributed by atoms with E-state index in [1.807, 2.05) is 18.2 Å². The van der Waals surface area contributed by atoms with Gasteiger partial charge in [0.1, 0.15) is 13.2 Å². The summed E-state index contributed by atoms with van der Waals surface area (Å²) in [4.78, 5) is 24.2. The lowest BCUT2D eigenvalue weighted by molar-refractivity contribution is -0.116. The van der Waals surface area contributed by atoms with Crippen LogP contribution in [0.2, 0.25) is 0 Å². The second-order valence-electron chi connectivity index (χ2n) is 6.85. The lowest BCUT2D eigenvalue weighted by Gasteiger charge is -2.18. The molecule has 0 radical (unpaired) electrons. The van der Waals surface area contributed by atoms with E-state index in [1.54, 1.807) is 24.3 Å². The fourth-order valence-electron chi connectivity index (χ4n) is 2.93. The first-order valence-corrected chi connectivity index (χ1v) is 9.27. The van der Waals surface area contributed by atoms with Crippen LogP contribution in [-0.4, -0.2) is 31.1 Å². The molecule has 6 heteroatoms. The van der Waals surface area contributed by atoms with Gasteiger partial charge in [0.15, 0.2) is 11.5 Å². The molecule has 27 heavy (non-hydrogen) atoms. The Morgan fingerprint density at radius 1 is 0.963 bits per heavy atom. The van der Waals surface area contributed by atoms with Gasteiger partial charge in [-0.1, -0.05) is 6.07 Å². The highest BCUT2D eigenvalue weighted by Gasteiger charge is 2.23. The molecule has 1 heterocycles. The normalized spacial score (nSPS) is 15.1. The summed E-state index contributed by atoms with van der Waals surface area (Å²) in [6, 6.07) is 13.1. The number of anilines is 1. The SMILES string of the molecule is O=C(CCc1ccc2c(c1)OCCO2)Nc1ccc(C(=O)NC2CC2)cc1. The minimum Gasteiger partial charge on any atom is -0.486 e. The van der Waals surface area contributed by atoms with Crippen LogP contribution in [0.25, 0.3) is 0 Å². The summed E-state index contributed by atoms with van der Waals surface area (Å²) < 4.78 is 11.1. The van der Waals surface area contributed by atoms with Gasteiger partial charge in [0.25, 0.3) is 5.91 Å². The molecule has 0 atom stereocenters. The van der Waals surface area contributed by atoms with Crippen LogP contribution in [-0.2, 0) is 11.2 Å². The van der Waals surface area contributed by atoms with Gasteiger partial charge in [-0.05, 0) is 61.2 Å². The molecular weight excluding hydrogens is 344 g/mol. The van der Waals surface area contributed by atoms with E-state index >= 15 is 0 Å². The number of carbonyl (C=O) groups is 2. The first-order valence-electron chi connectivity index (χ1n) is 9.27. The summed E-state index contributed by atoms with van der Waals surface area (Å²) in [6.07, 6.45) is 3.10. The van der Waals surface area contributed by atoms with E-state index in [2.05, 4.69) is 10.6 Å². The van der Waals surface area contributed by atoms with Crippen molar-refractivity contribution < 1.29 is 19.1 Å². The third-order valence-corrected chi connectivity index (χ3v) is 4.59. The number of carbonyl (C=O) groups excluding carboxylic acids is 2. The summed E-state index contributed by atoms with van der Waals surface area (Å²) in [7, 11) is 0. The second kappa shape index (κ2) is 7.70. The zero-order valence-electron chi connectivity index (χ0n) is 15.0. The molecule has 2 aliphatic rings. The number of nitrogens with one attached hydrogen (secondary N) is 2. The van der Waals surface area contributed by atoms with Crippen LogP contribution in [0.1, 0.15) is 35.2 Å². The Balaban J connectivity index is 1.28. The van der Waals surface area contributed by atoms with E-state index < -0.39 is 0 Å². The number of benzene rings is 2. The molecule has 2 aromatic rings. The Morgan fingerprint density at radius 3 is 2.44 bits per heavy atom. The van der Waals surface area contributed by atoms with Crippen molar-refractivity contribution in [2.75, 3.05) is 18.5 Å². The molecule has 2 N–H and O–H groups in total. The Kier molecular flexibility index (Phi) is 4.96. The summed E-state index contributed by atoms with van der Waals surface area (Å²) >= 11 is 0. The molecule has 1 aliphatic heterocycles. The van der Waals surface area contributed by atoms with Gasteiger partial charge in [-0.25, -0.2) is 0 Å². The van der Waals surface area contributed by atoms with Crippen molar-refractivity contribution in [1.82, 2.24) is 5.32 Å². The first kappa shape index (κ1) is 17.4. The lowest BCUT2D eigenvalue weighted by atomic mass is 10.1. The minimum atomic E-state index is -0.0694. The predicted octanol–water partition coefficient (Wildman–Crippen LogP) is 2.92. The van der Waals surface area contributed by atoms with Crippen LogP contribution in [0, 0.1) is 0 Å². The Hall–Kier alpha value is -3.02. The van der Waals surface area contributed by atoms with Gasteiger partial charge in [-0.3, -0.25) is 9.59 Å². The maximum absolute atomic E-state index is 12.2. The summed E-state index contributed by atoms with van der Waals surface area (Å²) in [5.74, 6) is 1.36. The first-order chi connectivity index (χ1) is 13.2. The van der Waals surface area contributed by atoms with Gasteiger partial charge in [0, 0.05) is 23.7 Å². The molecule has 0 bridgehead atoms. The fraction of sp³-hybridized carbons (Fsp3) is 0.333. The average molecular weight is 366 g/mol. The number of rotatable bonds is 6. The van der Waals surface area contributed by atoms with Gasteiger partial charge in [0.05, 0.1) is 0 Å². The lowest BCUT2D eigenvalue weighted by Crippen LogP contribution is -2.25. The minimum absolute atomic E-state index is 0.0611. The van der Waals surface area contributed by atoms with Crippen LogP contribution in [0.15, 0.2) is 42.5 Å². The Labute approximate surface area is 157 Å². The van der Waals surface area contributed by atoms with Crippen LogP contribution in [0.3, 0.4) is 0 Å². The number of hydrogen-bond acceptors (Lipinski definition) is 4. The molecule has 0 saturated heterocycles. The van der Waals surface area contributed by atoms with E-state index in [0.29, 0.717) is 43.3 Å². The molecule has 0 spiro atoms. The quantitative estimate of drug-likeness (QED) is 0.824. The molecule has 0 unspecified atom stereocenters. The van der Waals surface area contributed by atoms with Crippen LogP contribution >= 0.6 is 0 Å². The Bertz CT molecular complexity index is 844. The maximum atomic E-state index is 12.2. The molecule has 0 aromatic heterocycles. The highest BCUT2D eigenvalue weighted by atomic mass is 16.6. The van der Waals surface area contributed by atoms with Crippen molar-refractivity contribution in [3.63, 3.8) is 0 Å². The van der Waals surface area contributed by atoms with E-state index in [9.17, 15) is 9.59 Å². The number of ether oxygens (including phenoxy) is 2. The molecular formula is C21H22N2O4. The van der Waals surface area contributed by atoms with Crippen molar-refractivity contribution in [1.29, 1.82) is 0 Å². The Morgan fingerprint density at radius 2 is 1.70 bits per heavy atom. The van der Waals surface area contributed by atoms with Crippen molar-refractivity contribution in [2.45, 2.75) is 31.7 Å². The van der Waals surface area contributed by atoms with E-state index in [0.717, 1.165) is 29.9 Å². The highest BCUT2D eigenvalue weighted by molar-refractivity contribution is 5.96. The van der Waals surface area contributed by atoms with E-state index in [1.165, 1.54) is 0 Å². The summed E-state index contributed by atoms with van der Waals surface area (Å²) in [5, 5.41) is 5.81. The number of aryl methyl sites for hydroxylation is 1. The number of fused-ring (bicyclic) bond motifs is 1. The van der Waals surface area contributed by atoms with Crippen molar-refractivity contribution in [2.24, 2.45) is 0 Å². The van der Waals surface area contributed by atoms with Crippen molar-refractivity contribution >= 4 is 17.5 Å². The zero-order valence-corrected chi connectivity index (χ0v) is 15.0. The molecule has 4 rings (SSSR count). The standard InChI is InChI=1S/C21H22N2O4/c24-20(10-2-14-1-9-18-19(13-14)27-12-11-26-18)22-16-5-3-15(4-6-16)21(25)23-17-7-8-17/h1,3-6,9,13,17H,2,7-8,10-12H2,(H,22,24)(H,23,25). The molecule has 2 amide bonds. The van der Waals surface area contributed by atoms with Crippen molar-refractivity contribution in [3.05, 3.63) is 53.6 Å². The predicted molar refractivity (Wildman–Crippen MR) is 101 cm³/mol. The van der Waals surface area contributed by atoms with Crippen LogP contribution in [0.5, 0.6) is 11.5 Å². The molecule has 140 valence electrons. The molecule has 2 aromatic carbocycles. The third kappa shape index (κ3) is 4.58. The van der Waals surface area contributed by atoms with Gasteiger partial charge < -0.3 is 20.1 Å². The molecule has 1 fully saturated rings. The van der Waals surface area contributed by atoms with Gasteiger partial charge in [-0.2, -0.15) is 0 Å². The second-order valence-corrected chi connectivity index (χ2v) is 6.85. The summed E-state index contributed by atoms with van der Waals surface area (Å²) in [6.45, 7) is 1.11. The number of hydrogen-bond donors (Lipinski definition) is 2. The molecule has 1 aliphatic carbocycles. The fourth-order valence-corrected chi connectivity index (χ4v) is 2.93. The van der Waals surface area contributed by atoms with Gasteiger partial charge >= 0.3 is 0 Å². The van der Waals surface area contributed by atoms with Crippen LogP contribution in [0.4, 0.5) is 5.69 Å². The van der Waals surface area contributed by atoms with Crippen molar-refractivity contribution in [3.8, 4) is 11.5 Å². The number of amides is 2. The summed E-state index contributed by atoms with van der Waals surface area (Å²) in [5.41, 5.74) is 2.32. The maximum Gasteiger partial charge on any atom is 0.251 e. The monoisotopic (exact) mass is 366 g/mol. The van der Waals surface area contributed by atoms with Gasteiger partial charge in [-0.15, -0.1) is 0 Å². The topological polar surface area (TPSA) is 76.7 Å². The molecule has 1 saturated carbocycles. The smallest absolute Gasteiger partial charge is 0.251 e. The van der Waals surface area contributed by atoms with Gasteiger partial charge in [0.2, 0.25) is 5.91 Å². The van der Waals surface area contributed by atoms with E-state index in [-0.39, 0.29) is 11.8 Å². The molecule has 6 nitrogen and oxygen atoms in total. The third-order valence-electron chi connectivity index (χ3n) is 4.59. The van der Waals surface area contributed by atoms with Crippen LogP contribution < -0.4 is 20.1 Å². The highest BCUT2D eigenvalue weighted by Crippen LogP contribution is 2.31. The zero-order chi connectivity index (χ0) is 18.6.